The molecule has 1 saturated carbocycles. The Morgan fingerprint density at radius 3 is 2.76 bits per heavy atom. The van der Waals surface area contributed by atoms with E-state index in [1.165, 1.54) is 12.8 Å². The monoisotopic (exact) mass is 289 g/mol. The SMILES string of the molecule is COc1ccc2c(c1)C(NC1CCCC1)(C(=O)O)CCC2. The number of benzene rings is 1. The average molecular weight is 289 g/mol. The third-order valence-electron chi connectivity index (χ3n) is 4.95. The van der Waals surface area contributed by atoms with Gasteiger partial charge in [-0.2, -0.15) is 0 Å². The van der Waals surface area contributed by atoms with E-state index in [4.69, 9.17) is 4.74 Å². The quantitative estimate of drug-likeness (QED) is 0.895. The van der Waals surface area contributed by atoms with Crippen LogP contribution in [0.15, 0.2) is 18.2 Å². The van der Waals surface area contributed by atoms with Crippen molar-refractivity contribution in [2.75, 3.05) is 7.11 Å². The first-order valence-corrected chi connectivity index (χ1v) is 7.84. The largest absolute Gasteiger partial charge is 0.497 e. The molecule has 1 unspecified atom stereocenters. The fraction of sp³-hybridized carbons (Fsp3) is 0.588. The van der Waals surface area contributed by atoms with Gasteiger partial charge in [0, 0.05) is 6.04 Å². The minimum Gasteiger partial charge on any atom is -0.497 e. The number of carbonyl (C=O) groups is 1. The van der Waals surface area contributed by atoms with Crippen LogP contribution < -0.4 is 10.1 Å². The van der Waals surface area contributed by atoms with Crippen molar-refractivity contribution in [3.05, 3.63) is 29.3 Å². The number of methoxy groups -OCH3 is 1. The molecule has 0 amide bonds. The van der Waals surface area contributed by atoms with Gasteiger partial charge in [-0.05, 0) is 55.4 Å². The molecule has 1 fully saturated rings. The van der Waals surface area contributed by atoms with Crippen LogP contribution in [0.3, 0.4) is 0 Å². The number of ether oxygens (including phenoxy) is 1. The number of aliphatic carboxylic acids is 1. The normalized spacial score (nSPS) is 25.6. The van der Waals surface area contributed by atoms with Gasteiger partial charge >= 0.3 is 5.97 Å². The third-order valence-corrected chi connectivity index (χ3v) is 4.95. The van der Waals surface area contributed by atoms with Crippen LogP contribution in [0.1, 0.15) is 49.7 Å². The number of carboxylic acid groups (broad SMARTS) is 1. The van der Waals surface area contributed by atoms with Crippen LogP contribution in [0.4, 0.5) is 0 Å². The Morgan fingerprint density at radius 2 is 2.10 bits per heavy atom. The zero-order chi connectivity index (χ0) is 14.9. The minimum atomic E-state index is -0.947. The number of nitrogens with one attached hydrogen (secondary N) is 1. The van der Waals surface area contributed by atoms with Gasteiger partial charge in [0.15, 0.2) is 0 Å². The third kappa shape index (κ3) is 2.53. The highest BCUT2D eigenvalue weighted by molar-refractivity contribution is 5.82. The van der Waals surface area contributed by atoms with E-state index in [2.05, 4.69) is 5.32 Å². The van der Waals surface area contributed by atoms with Crippen molar-refractivity contribution in [3.63, 3.8) is 0 Å². The predicted octanol–water partition coefficient (Wildman–Crippen LogP) is 2.84. The highest BCUT2D eigenvalue weighted by Crippen LogP contribution is 2.39. The lowest BCUT2D eigenvalue weighted by Gasteiger charge is -2.38. The summed E-state index contributed by atoms with van der Waals surface area (Å²) in [6, 6.07) is 6.16. The first-order chi connectivity index (χ1) is 10.2. The summed E-state index contributed by atoms with van der Waals surface area (Å²) < 4.78 is 5.30. The van der Waals surface area contributed by atoms with E-state index in [9.17, 15) is 9.90 Å². The van der Waals surface area contributed by atoms with Crippen LogP contribution >= 0.6 is 0 Å². The molecule has 2 aliphatic rings. The molecular weight excluding hydrogens is 266 g/mol. The van der Waals surface area contributed by atoms with E-state index in [1.54, 1.807) is 7.11 Å². The molecule has 0 aromatic heterocycles. The Kier molecular flexibility index (Phi) is 3.89. The molecule has 0 saturated heterocycles. The van der Waals surface area contributed by atoms with Crippen molar-refractivity contribution < 1.29 is 14.6 Å². The Balaban J connectivity index is 2.02. The summed E-state index contributed by atoms with van der Waals surface area (Å²) in [5.74, 6) is -0.0295. The molecule has 0 spiro atoms. The minimum absolute atomic E-state index is 0.318. The smallest absolute Gasteiger partial charge is 0.328 e. The molecule has 3 rings (SSSR count). The number of carboxylic acids is 1. The van der Waals surface area contributed by atoms with Crippen molar-refractivity contribution >= 4 is 5.97 Å². The van der Waals surface area contributed by atoms with Crippen molar-refractivity contribution in [3.8, 4) is 5.75 Å². The molecule has 0 radical (unpaired) electrons. The van der Waals surface area contributed by atoms with Gasteiger partial charge in [-0.25, -0.2) is 4.79 Å². The molecule has 1 atom stereocenters. The van der Waals surface area contributed by atoms with Crippen molar-refractivity contribution in [2.45, 2.75) is 56.5 Å². The van der Waals surface area contributed by atoms with Crippen LogP contribution in [-0.4, -0.2) is 24.2 Å². The first kappa shape index (κ1) is 14.4. The number of hydrogen-bond acceptors (Lipinski definition) is 3. The van der Waals surface area contributed by atoms with E-state index < -0.39 is 11.5 Å². The molecule has 4 nitrogen and oxygen atoms in total. The summed E-state index contributed by atoms with van der Waals surface area (Å²) in [7, 11) is 1.62. The number of aryl methyl sites for hydroxylation is 1. The van der Waals surface area contributed by atoms with E-state index in [0.717, 1.165) is 42.6 Å². The molecule has 0 bridgehead atoms. The zero-order valence-corrected chi connectivity index (χ0v) is 12.5. The molecule has 21 heavy (non-hydrogen) atoms. The molecule has 0 aliphatic heterocycles. The predicted molar refractivity (Wildman–Crippen MR) is 80.6 cm³/mol. The van der Waals surface area contributed by atoms with Crippen LogP contribution in [0.5, 0.6) is 5.75 Å². The Morgan fingerprint density at radius 1 is 1.33 bits per heavy atom. The maximum absolute atomic E-state index is 12.1. The van der Waals surface area contributed by atoms with Crippen molar-refractivity contribution in [1.82, 2.24) is 5.32 Å². The van der Waals surface area contributed by atoms with E-state index >= 15 is 0 Å². The molecular formula is C17H23NO3. The van der Waals surface area contributed by atoms with Crippen LogP contribution in [-0.2, 0) is 16.8 Å². The summed E-state index contributed by atoms with van der Waals surface area (Å²) in [4.78, 5) is 12.1. The van der Waals surface area contributed by atoms with Gasteiger partial charge in [-0.3, -0.25) is 5.32 Å². The van der Waals surface area contributed by atoms with Crippen LogP contribution in [0.2, 0.25) is 0 Å². The molecule has 2 aliphatic carbocycles. The van der Waals surface area contributed by atoms with E-state index in [-0.39, 0.29) is 0 Å². The molecule has 0 heterocycles. The second-order valence-electron chi connectivity index (χ2n) is 6.21. The second-order valence-corrected chi connectivity index (χ2v) is 6.21. The molecule has 1 aromatic rings. The average Bonchev–Trinajstić information content (AvgIpc) is 2.99. The topological polar surface area (TPSA) is 58.6 Å². The summed E-state index contributed by atoms with van der Waals surface area (Å²) in [6.45, 7) is 0. The van der Waals surface area contributed by atoms with Gasteiger partial charge in [0.1, 0.15) is 11.3 Å². The van der Waals surface area contributed by atoms with Gasteiger partial charge in [0.2, 0.25) is 0 Å². The summed E-state index contributed by atoms with van der Waals surface area (Å²) >= 11 is 0. The summed E-state index contributed by atoms with van der Waals surface area (Å²) in [5.41, 5.74) is 1.08. The maximum Gasteiger partial charge on any atom is 0.328 e. The molecule has 114 valence electrons. The van der Waals surface area contributed by atoms with E-state index in [1.807, 2.05) is 18.2 Å². The van der Waals surface area contributed by atoms with Gasteiger partial charge < -0.3 is 9.84 Å². The second kappa shape index (κ2) is 5.68. The Hall–Kier alpha value is -1.55. The van der Waals surface area contributed by atoms with Crippen molar-refractivity contribution in [2.24, 2.45) is 0 Å². The Labute approximate surface area is 125 Å². The van der Waals surface area contributed by atoms with Crippen molar-refractivity contribution in [1.29, 1.82) is 0 Å². The lowest BCUT2D eigenvalue weighted by Crippen LogP contribution is -2.54. The Bertz CT molecular complexity index is 537. The standard InChI is InChI=1S/C17H23NO3/c1-21-14-9-8-12-5-4-10-17(16(19)20,15(12)11-14)18-13-6-2-3-7-13/h8-9,11,13,18H,2-7,10H2,1H3,(H,19,20). The van der Waals surface area contributed by atoms with Gasteiger partial charge in [-0.15, -0.1) is 0 Å². The lowest BCUT2D eigenvalue weighted by molar-refractivity contribution is -0.146. The van der Waals surface area contributed by atoms with Crippen LogP contribution in [0, 0.1) is 0 Å². The summed E-state index contributed by atoms with van der Waals surface area (Å²) in [5, 5.41) is 13.4. The summed E-state index contributed by atoms with van der Waals surface area (Å²) in [6.07, 6.45) is 7.05. The fourth-order valence-electron chi connectivity index (χ4n) is 3.83. The highest BCUT2D eigenvalue weighted by atomic mass is 16.5. The number of fused-ring (bicyclic) bond motifs is 1. The number of rotatable bonds is 4. The van der Waals surface area contributed by atoms with Gasteiger partial charge in [0.25, 0.3) is 0 Å². The van der Waals surface area contributed by atoms with Gasteiger partial charge in [0.05, 0.1) is 7.11 Å². The molecule has 1 aromatic carbocycles. The van der Waals surface area contributed by atoms with Crippen LogP contribution in [0.25, 0.3) is 0 Å². The zero-order valence-electron chi connectivity index (χ0n) is 12.5. The fourth-order valence-corrected chi connectivity index (χ4v) is 3.83. The molecule has 4 heteroatoms. The van der Waals surface area contributed by atoms with E-state index in [0.29, 0.717) is 12.5 Å². The van der Waals surface area contributed by atoms with Gasteiger partial charge in [-0.1, -0.05) is 18.9 Å². The first-order valence-electron chi connectivity index (χ1n) is 7.84. The lowest BCUT2D eigenvalue weighted by atomic mass is 9.75. The highest BCUT2D eigenvalue weighted by Gasteiger charge is 2.45. The maximum atomic E-state index is 12.1. The number of hydrogen-bond donors (Lipinski definition) is 2. The molecule has 2 N–H and O–H groups in total.